The van der Waals surface area contributed by atoms with Crippen LogP contribution in [0.25, 0.3) is 5.57 Å². The van der Waals surface area contributed by atoms with Crippen molar-refractivity contribution in [1.82, 2.24) is 19.7 Å². The lowest BCUT2D eigenvalue weighted by Crippen LogP contribution is -2.26. The number of amides is 1. The van der Waals surface area contributed by atoms with E-state index in [1.165, 1.54) is 6.08 Å². The molecule has 32 heavy (non-hydrogen) atoms. The van der Waals surface area contributed by atoms with Crippen molar-refractivity contribution in [3.8, 4) is 5.88 Å². The number of pyridine rings is 1. The monoisotopic (exact) mass is 440 g/mol. The Kier molecular flexibility index (Phi) is 6.41. The molecule has 1 saturated heterocycles. The Morgan fingerprint density at radius 1 is 1.41 bits per heavy atom. The average Bonchev–Trinajstić information content (AvgIpc) is 3.46. The van der Waals surface area contributed by atoms with Gasteiger partial charge in [0.15, 0.2) is 0 Å². The van der Waals surface area contributed by atoms with Crippen LogP contribution in [0, 0.1) is 6.92 Å². The first-order valence-corrected chi connectivity index (χ1v) is 10.9. The number of aryl methyl sites for hydroxylation is 2. The molecule has 0 spiro atoms. The van der Waals surface area contributed by atoms with Gasteiger partial charge in [0.25, 0.3) is 5.91 Å². The molecule has 1 atom stereocenters. The highest BCUT2D eigenvalue weighted by molar-refractivity contribution is 6.00. The third-order valence-electron chi connectivity index (χ3n) is 5.91. The molecule has 170 valence electrons. The van der Waals surface area contributed by atoms with Gasteiger partial charge in [0.2, 0.25) is 5.88 Å². The molecule has 4 heterocycles. The molecule has 1 amide bonds. The van der Waals surface area contributed by atoms with Crippen LogP contribution in [0.15, 0.2) is 35.9 Å². The highest BCUT2D eigenvalue weighted by Crippen LogP contribution is 2.31. The number of carbonyl (C=O) groups is 1. The summed E-state index contributed by atoms with van der Waals surface area (Å²) < 4.78 is 28.1. The number of rotatable bonds is 7. The number of hydrogen-bond acceptors (Lipinski definition) is 5. The first-order chi connectivity index (χ1) is 15.3. The summed E-state index contributed by atoms with van der Waals surface area (Å²) in [5.74, 6) is -0.204. The van der Waals surface area contributed by atoms with E-state index in [0.717, 1.165) is 41.8 Å². The van der Waals surface area contributed by atoms with Crippen LogP contribution >= 0.6 is 0 Å². The van der Waals surface area contributed by atoms with Gasteiger partial charge in [-0.05, 0) is 62.5 Å². The minimum absolute atomic E-state index is 0.0398. The molecular formula is C24H29FN4O3. The summed E-state index contributed by atoms with van der Waals surface area (Å²) in [5, 5.41) is 4.31. The third kappa shape index (κ3) is 4.60. The van der Waals surface area contributed by atoms with Gasteiger partial charge in [0.1, 0.15) is 18.0 Å². The lowest BCUT2D eigenvalue weighted by atomic mass is 10.1. The summed E-state index contributed by atoms with van der Waals surface area (Å²) in [5.41, 5.74) is 4.34. The highest BCUT2D eigenvalue weighted by atomic mass is 19.1. The van der Waals surface area contributed by atoms with Crippen molar-refractivity contribution in [2.45, 2.75) is 46.3 Å². The van der Waals surface area contributed by atoms with Crippen LogP contribution in [0.5, 0.6) is 5.88 Å². The Morgan fingerprint density at radius 2 is 2.22 bits per heavy atom. The topological polar surface area (TPSA) is 69.5 Å². The molecule has 1 fully saturated rings. The number of hydrogen-bond donors (Lipinski definition) is 0. The number of halogens is 1. The molecule has 2 aromatic rings. The van der Waals surface area contributed by atoms with Gasteiger partial charge in [0.05, 0.1) is 11.8 Å². The molecule has 0 aromatic carbocycles. The van der Waals surface area contributed by atoms with Gasteiger partial charge in [-0.25, -0.2) is 9.37 Å². The van der Waals surface area contributed by atoms with E-state index < -0.39 is 0 Å². The zero-order valence-corrected chi connectivity index (χ0v) is 19.0. The normalized spacial score (nSPS) is 19.4. The fourth-order valence-corrected chi connectivity index (χ4v) is 4.20. The Balaban J connectivity index is 1.47. The SMILES string of the molecule is C/C(CN1Cc2ccnc(OCC3CCCO3)c2C1=O)=C(F)\C=C(/C)c1cn(C)nc1C. The maximum atomic E-state index is 14.9. The number of allylic oxidation sites excluding steroid dienone is 3. The van der Waals surface area contributed by atoms with E-state index in [9.17, 15) is 9.18 Å². The molecule has 2 aliphatic rings. The second-order valence-electron chi connectivity index (χ2n) is 8.51. The second kappa shape index (κ2) is 9.24. The van der Waals surface area contributed by atoms with E-state index in [2.05, 4.69) is 10.1 Å². The van der Waals surface area contributed by atoms with E-state index in [1.807, 2.05) is 33.2 Å². The third-order valence-corrected chi connectivity index (χ3v) is 5.91. The molecule has 2 aromatic heterocycles. The minimum Gasteiger partial charge on any atom is -0.474 e. The van der Waals surface area contributed by atoms with Crippen molar-refractivity contribution in [2.24, 2.45) is 7.05 Å². The van der Waals surface area contributed by atoms with Gasteiger partial charge >= 0.3 is 0 Å². The lowest BCUT2D eigenvalue weighted by molar-refractivity contribution is 0.0646. The Labute approximate surface area is 187 Å². The quantitative estimate of drug-likeness (QED) is 0.609. The van der Waals surface area contributed by atoms with Gasteiger partial charge in [-0.1, -0.05) is 0 Å². The van der Waals surface area contributed by atoms with Crippen molar-refractivity contribution < 1.29 is 18.7 Å². The molecular weight excluding hydrogens is 411 g/mol. The summed E-state index contributed by atoms with van der Waals surface area (Å²) in [7, 11) is 1.84. The Hall–Kier alpha value is -3.00. The summed E-state index contributed by atoms with van der Waals surface area (Å²) in [4.78, 5) is 19.0. The van der Waals surface area contributed by atoms with Crippen molar-refractivity contribution in [3.63, 3.8) is 0 Å². The van der Waals surface area contributed by atoms with Gasteiger partial charge < -0.3 is 14.4 Å². The first-order valence-electron chi connectivity index (χ1n) is 10.9. The van der Waals surface area contributed by atoms with Crippen molar-refractivity contribution >= 4 is 11.5 Å². The zero-order valence-electron chi connectivity index (χ0n) is 19.0. The van der Waals surface area contributed by atoms with Crippen molar-refractivity contribution in [1.29, 1.82) is 0 Å². The van der Waals surface area contributed by atoms with Crippen molar-refractivity contribution in [2.75, 3.05) is 19.8 Å². The molecule has 2 aliphatic heterocycles. The molecule has 1 unspecified atom stereocenters. The maximum absolute atomic E-state index is 14.9. The summed E-state index contributed by atoms with van der Waals surface area (Å²) >= 11 is 0. The zero-order chi connectivity index (χ0) is 22.8. The largest absolute Gasteiger partial charge is 0.474 e. The Bertz CT molecular complexity index is 1080. The fourth-order valence-electron chi connectivity index (χ4n) is 4.20. The molecule has 0 aliphatic carbocycles. The van der Waals surface area contributed by atoms with Gasteiger partial charge in [-0.15, -0.1) is 0 Å². The Morgan fingerprint density at radius 3 is 2.91 bits per heavy atom. The number of nitrogens with zero attached hydrogens (tertiary/aromatic N) is 4. The van der Waals surface area contributed by atoms with E-state index >= 15 is 0 Å². The molecule has 0 radical (unpaired) electrons. The lowest BCUT2D eigenvalue weighted by Gasteiger charge is -2.16. The molecule has 4 rings (SSSR count). The number of ether oxygens (including phenoxy) is 2. The van der Waals surface area contributed by atoms with Crippen LogP contribution in [0.1, 0.15) is 53.9 Å². The predicted octanol–water partition coefficient (Wildman–Crippen LogP) is 3.98. The summed E-state index contributed by atoms with van der Waals surface area (Å²) in [6, 6.07) is 1.82. The van der Waals surface area contributed by atoms with Crippen LogP contribution in [0.4, 0.5) is 4.39 Å². The maximum Gasteiger partial charge on any atom is 0.260 e. The number of fused-ring (bicyclic) bond motifs is 1. The molecule has 8 heteroatoms. The van der Waals surface area contributed by atoms with Crippen molar-refractivity contribution in [3.05, 3.63) is 58.3 Å². The van der Waals surface area contributed by atoms with Crippen LogP contribution < -0.4 is 4.74 Å². The average molecular weight is 441 g/mol. The smallest absolute Gasteiger partial charge is 0.260 e. The van der Waals surface area contributed by atoms with Crippen LogP contribution in [-0.4, -0.2) is 51.4 Å². The standard InChI is InChI=1S/C24H29FN4O3/c1-15(20-13-28(4)27-17(20)3)10-21(25)16(2)11-29-12-18-7-8-26-23(22(18)24(29)30)32-14-19-6-5-9-31-19/h7-8,10,13,19H,5-6,9,11-12,14H2,1-4H3/b15-10+,21-16-. The molecule has 0 bridgehead atoms. The van der Waals surface area contributed by atoms with E-state index in [4.69, 9.17) is 9.47 Å². The highest BCUT2D eigenvalue weighted by Gasteiger charge is 2.32. The fraction of sp³-hybridized carbons (Fsp3) is 0.458. The summed E-state index contributed by atoms with van der Waals surface area (Å²) in [6.45, 7) is 7.18. The van der Waals surface area contributed by atoms with Crippen LogP contribution in [0.3, 0.4) is 0 Å². The molecule has 7 nitrogen and oxygen atoms in total. The summed E-state index contributed by atoms with van der Waals surface area (Å²) in [6.07, 6.45) is 7.03. The van der Waals surface area contributed by atoms with E-state index in [0.29, 0.717) is 30.2 Å². The number of aromatic nitrogens is 3. The van der Waals surface area contributed by atoms with E-state index in [-0.39, 0.29) is 24.4 Å². The molecule has 0 saturated carbocycles. The van der Waals surface area contributed by atoms with E-state index in [1.54, 1.807) is 22.7 Å². The number of carbonyl (C=O) groups excluding carboxylic acids is 1. The van der Waals surface area contributed by atoms with Gasteiger partial charge in [-0.2, -0.15) is 5.10 Å². The van der Waals surface area contributed by atoms with Crippen LogP contribution in [0.2, 0.25) is 0 Å². The van der Waals surface area contributed by atoms with Crippen LogP contribution in [-0.2, 0) is 18.3 Å². The predicted molar refractivity (Wildman–Crippen MR) is 119 cm³/mol. The second-order valence-corrected chi connectivity index (χ2v) is 8.51. The minimum atomic E-state index is -0.345. The molecule has 0 N–H and O–H groups in total. The van der Waals surface area contributed by atoms with Gasteiger partial charge in [0, 0.05) is 44.7 Å². The first kappa shape index (κ1) is 22.2. The van der Waals surface area contributed by atoms with Gasteiger partial charge in [-0.3, -0.25) is 9.48 Å².